The molecule has 1 saturated carbocycles. The maximum Gasteiger partial charge on any atom is 0.311 e. The summed E-state index contributed by atoms with van der Waals surface area (Å²) in [5.41, 5.74) is 2.53. The summed E-state index contributed by atoms with van der Waals surface area (Å²) in [7, 11) is 4.23. The predicted molar refractivity (Wildman–Crippen MR) is 108 cm³/mol. The van der Waals surface area contributed by atoms with Gasteiger partial charge in [-0.3, -0.25) is 10.1 Å². The third-order valence-corrected chi connectivity index (χ3v) is 4.98. The van der Waals surface area contributed by atoms with Gasteiger partial charge < -0.3 is 10.2 Å². The highest BCUT2D eigenvalue weighted by atomic mass is 16.6. The molecule has 0 radical (unpaired) electrons. The molecular weight excluding hydrogens is 328 g/mol. The van der Waals surface area contributed by atoms with Gasteiger partial charge in [-0.05, 0) is 58.8 Å². The van der Waals surface area contributed by atoms with Gasteiger partial charge in [-0.25, -0.2) is 4.98 Å². The Kier molecular flexibility index (Phi) is 6.91. The number of aromatic nitrogens is 1. The van der Waals surface area contributed by atoms with Crippen molar-refractivity contribution in [1.29, 1.82) is 0 Å². The number of nitro groups is 1. The molecule has 6 heteroatoms. The van der Waals surface area contributed by atoms with Gasteiger partial charge in [0.15, 0.2) is 0 Å². The van der Waals surface area contributed by atoms with Gasteiger partial charge >= 0.3 is 5.69 Å². The van der Waals surface area contributed by atoms with Crippen molar-refractivity contribution in [3.8, 4) is 0 Å². The van der Waals surface area contributed by atoms with Gasteiger partial charge in [0.2, 0.25) is 0 Å². The van der Waals surface area contributed by atoms with Crippen LogP contribution in [0.1, 0.15) is 45.1 Å². The molecule has 6 nitrogen and oxygen atoms in total. The quantitative estimate of drug-likeness (QED) is 0.630. The van der Waals surface area contributed by atoms with E-state index in [4.69, 9.17) is 0 Å². The van der Waals surface area contributed by atoms with E-state index in [-0.39, 0.29) is 16.7 Å². The van der Waals surface area contributed by atoms with Crippen LogP contribution < -0.4 is 5.32 Å². The second-order valence-corrected chi connectivity index (χ2v) is 6.91. The molecule has 1 aliphatic rings. The van der Waals surface area contributed by atoms with Crippen molar-refractivity contribution >= 4 is 22.3 Å². The number of hydrogen-bond donors (Lipinski definition) is 1. The number of nitrogens with zero attached hydrogens (tertiary/aromatic N) is 3. The van der Waals surface area contributed by atoms with Crippen LogP contribution in [0, 0.1) is 17.0 Å². The van der Waals surface area contributed by atoms with Gasteiger partial charge in [-0.1, -0.05) is 25.5 Å². The van der Waals surface area contributed by atoms with E-state index >= 15 is 0 Å². The summed E-state index contributed by atoms with van der Waals surface area (Å²) in [6.07, 6.45) is 5.64. The first-order chi connectivity index (χ1) is 12.5. The van der Waals surface area contributed by atoms with E-state index in [2.05, 4.69) is 29.3 Å². The summed E-state index contributed by atoms with van der Waals surface area (Å²) in [6.45, 7) is 5.99. The molecule has 0 spiro atoms. The maximum atomic E-state index is 11.5. The lowest BCUT2D eigenvalue weighted by molar-refractivity contribution is -0.384. The van der Waals surface area contributed by atoms with Crippen LogP contribution in [-0.4, -0.2) is 41.0 Å². The first-order valence-electron chi connectivity index (χ1n) is 9.42. The van der Waals surface area contributed by atoms with E-state index in [0.717, 1.165) is 42.1 Å². The van der Waals surface area contributed by atoms with E-state index in [9.17, 15) is 10.1 Å². The van der Waals surface area contributed by atoms with Crippen LogP contribution in [-0.2, 0) is 0 Å². The number of hydrogen-bond acceptors (Lipinski definition) is 5. The largest absolute Gasteiger partial charge is 0.376 e. The molecule has 1 N–H and O–H groups in total. The van der Waals surface area contributed by atoms with Gasteiger partial charge in [0.05, 0.1) is 10.4 Å². The van der Waals surface area contributed by atoms with Crippen molar-refractivity contribution in [2.45, 2.75) is 58.5 Å². The normalized spacial score (nSPS) is 19.8. The molecule has 1 aromatic heterocycles. The Balaban J connectivity index is 0.00000117. The molecule has 0 atom stereocenters. The Bertz CT molecular complexity index is 753. The van der Waals surface area contributed by atoms with Crippen molar-refractivity contribution in [3.63, 3.8) is 0 Å². The second kappa shape index (κ2) is 8.94. The average molecular weight is 358 g/mol. The molecular formula is C20H30N4O2. The van der Waals surface area contributed by atoms with Crippen LogP contribution in [0.25, 0.3) is 10.9 Å². The summed E-state index contributed by atoms with van der Waals surface area (Å²) in [6, 6.07) is 6.75. The molecule has 1 fully saturated rings. The SMILES string of the molecule is CC.Cc1ccc2ncc([N+](=O)[O-])c(NC3CCC(N(C)C)CC3)c2c1. The third kappa shape index (κ3) is 4.49. The Morgan fingerprint density at radius 2 is 1.85 bits per heavy atom. The monoisotopic (exact) mass is 358 g/mol. The lowest BCUT2D eigenvalue weighted by atomic mass is 9.90. The summed E-state index contributed by atoms with van der Waals surface area (Å²) in [4.78, 5) is 17.6. The number of pyridine rings is 1. The van der Waals surface area contributed by atoms with Gasteiger partial charge in [0.1, 0.15) is 11.9 Å². The van der Waals surface area contributed by atoms with Gasteiger partial charge in [-0.15, -0.1) is 0 Å². The smallest absolute Gasteiger partial charge is 0.311 e. The number of aryl methyl sites for hydroxylation is 1. The second-order valence-electron chi connectivity index (χ2n) is 6.91. The number of rotatable bonds is 4. The topological polar surface area (TPSA) is 71.3 Å². The number of anilines is 1. The standard InChI is InChI=1S/C18H24N4O2.C2H6/c1-12-4-9-16-15(10-12)18(17(11-19-16)22(23)24)20-13-5-7-14(8-6-13)21(2)3;1-2/h4,9-11,13-14H,5-8H2,1-3H3,(H,19,20);1-2H3. The van der Waals surface area contributed by atoms with Crippen LogP contribution in [0.2, 0.25) is 0 Å². The highest BCUT2D eigenvalue weighted by Crippen LogP contribution is 2.34. The summed E-state index contributed by atoms with van der Waals surface area (Å²) >= 11 is 0. The van der Waals surface area contributed by atoms with E-state index in [1.165, 1.54) is 6.20 Å². The molecule has 142 valence electrons. The molecule has 0 amide bonds. The van der Waals surface area contributed by atoms with Crippen LogP contribution in [0.4, 0.5) is 11.4 Å². The van der Waals surface area contributed by atoms with Crippen molar-refractivity contribution in [2.24, 2.45) is 0 Å². The Labute approximate surface area is 155 Å². The molecule has 26 heavy (non-hydrogen) atoms. The highest BCUT2D eigenvalue weighted by Gasteiger charge is 2.26. The van der Waals surface area contributed by atoms with Gasteiger partial charge in [-0.2, -0.15) is 0 Å². The fraction of sp³-hybridized carbons (Fsp3) is 0.550. The number of benzene rings is 1. The van der Waals surface area contributed by atoms with Crippen molar-refractivity contribution in [2.75, 3.05) is 19.4 Å². The van der Waals surface area contributed by atoms with Crippen LogP contribution in [0.15, 0.2) is 24.4 Å². The highest BCUT2D eigenvalue weighted by molar-refractivity contribution is 5.96. The minimum Gasteiger partial charge on any atom is -0.376 e. The van der Waals surface area contributed by atoms with Gasteiger partial charge in [0, 0.05) is 17.5 Å². The number of nitrogens with one attached hydrogen (secondary N) is 1. The van der Waals surface area contributed by atoms with E-state index in [1.54, 1.807) is 0 Å². The predicted octanol–water partition coefficient (Wildman–Crippen LogP) is 4.76. The molecule has 1 aliphatic carbocycles. The van der Waals surface area contributed by atoms with Crippen molar-refractivity contribution in [1.82, 2.24) is 9.88 Å². The third-order valence-electron chi connectivity index (χ3n) is 4.98. The molecule has 0 aliphatic heterocycles. The van der Waals surface area contributed by atoms with Gasteiger partial charge in [0.25, 0.3) is 0 Å². The van der Waals surface area contributed by atoms with Crippen molar-refractivity contribution in [3.05, 3.63) is 40.1 Å². The molecule has 1 aromatic carbocycles. The fourth-order valence-corrected chi connectivity index (χ4v) is 3.53. The first kappa shape index (κ1) is 20.1. The zero-order valence-electron chi connectivity index (χ0n) is 16.5. The van der Waals surface area contributed by atoms with E-state index in [1.807, 2.05) is 39.0 Å². The average Bonchev–Trinajstić information content (AvgIpc) is 2.64. The Morgan fingerprint density at radius 1 is 1.19 bits per heavy atom. The van der Waals surface area contributed by atoms with Crippen molar-refractivity contribution < 1.29 is 4.92 Å². The number of fused-ring (bicyclic) bond motifs is 1. The van der Waals surface area contributed by atoms with Crippen LogP contribution >= 0.6 is 0 Å². The van der Waals surface area contributed by atoms with Crippen LogP contribution in [0.5, 0.6) is 0 Å². The Morgan fingerprint density at radius 3 is 2.42 bits per heavy atom. The lowest BCUT2D eigenvalue weighted by Crippen LogP contribution is -2.36. The molecule has 1 heterocycles. The molecule has 2 aromatic rings. The van der Waals surface area contributed by atoms with Crippen LogP contribution in [0.3, 0.4) is 0 Å². The zero-order valence-corrected chi connectivity index (χ0v) is 16.5. The summed E-state index contributed by atoms with van der Waals surface area (Å²) < 4.78 is 0. The molecule has 0 bridgehead atoms. The maximum absolute atomic E-state index is 11.5. The molecule has 3 rings (SSSR count). The zero-order chi connectivity index (χ0) is 19.3. The summed E-state index contributed by atoms with van der Waals surface area (Å²) in [5, 5.41) is 15.7. The minimum absolute atomic E-state index is 0.0582. The first-order valence-corrected chi connectivity index (χ1v) is 9.42. The summed E-state index contributed by atoms with van der Waals surface area (Å²) in [5.74, 6) is 0. The van der Waals surface area contributed by atoms with E-state index in [0.29, 0.717) is 11.7 Å². The lowest BCUT2D eigenvalue weighted by Gasteiger charge is -2.33. The Hall–Kier alpha value is -2.21. The molecule has 0 saturated heterocycles. The minimum atomic E-state index is -0.345. The fourth-order valence-electron chi connectivity index (χ4n) is 3.53. The van der Waals surface area contributed by atoms with E-state index < -0.39 is 0 Å². The molecule has 0 unspecified atom stereocenters.